The normalized spacial score (nSPS) is 26.7. The summed E-state index contributed by atoms with van der Waals surface area (Å²) in [5, 5.41) is 4.15. The molecule has 0 spiro atoms. The number of nitrogens with one attached hydrogen (secondary N) is 1. The van der Waals surface area contributed by atoms with Crippen LogP contribution >= 0.6 is 27.3 Å². The smallest absolute Gasteiger partial charge is 0.381 e. The molecule has 4 aromatic rings. The molecule has 42 heavy (non-hydrogen) atoms. The number of H-pyrrole nitrogens is 1. The number of thiol groups is 1. The van der Waals surface area contributed by atoms with Gasteiger partial charge in [-0.1, -0.05) is 12.2 Å². The molecule has 2 aliphatic rings. The third-order valence-electron chi connectivity index (χ3n) is 6.78. The third kappa shape index (κ3) is 6.08. The monoisotopic (exact) mass is 644 g/mol. The van der Waals surface area contributed by atoms with Gasteiger partial charge in [0, 0.05) is 6.42 Å². The molecule has 226 valence electrons. The summed E-state index contributed by atoms with van der Waals surface area (Å²) in [7, 11) is -3.08. The van der Waals surface area contributed by atoms with Crippen molar-refractivity contribution in [3.63, 3.8) is 0 Å². The molecule has 2 fully saturated rings. The Hall–Kier alpha value is -2.93. The second kappa shape index (κ2) is 11.6. The van der Waals surface area contributed by atoms with Gasteiger partial charge in [-0.25, -0.2) is 24.0 Å². The van der Waals surface area contributed by atoms with Crippen molar-refractivity contribution in [2.45, 2.75) is 49.9 Å². The Morgan fingerprint density at radius 2 is 2.05 bits per heavy atom. The number of aromatic nitrogens is 8. The highest BCUT2D eigenvalue weighted by Crippen LogP contribution is 2.48. The first-order chi connectivity index (χ1) is 20.1. The summed E-state index contributed by atoms with van der Waals surface area (Å²) < 4.78 is 55.7. The van der Waals surface area contributed by atoms with E-state index in [0.717, 1.165) is 0 Å². The predicted molar refractivity (Wildman–Crippen MR) is 148 cm³/mol. The Bertz CT molecular complexity index is 1740. The summed E-state index contributed by atoms with van der Waals surface area (Å²) in [6, 6.07) is 0. The second-order valence-corrected chi connectivity index (χ2v) is 13.3. The highest BCUT2D eigenvalue weighted by Gasteiger charge is 2.41. The molecule has 3 unspecified atom stereocenters. The van der Waals surface area contributed by atoms with Crippen LogP contribution < -0.4 is 17.0 Å². The van der Waals surface area contributed by atoms with E-state index in [0.29, 0.717) is 24.2 Å². The van der Waals surface area contributed by atoms with Crippen molar-refractivity contribution in [3.05, 3.63) is 34.9 Å². The molecule has 6 heterocycles. The lowest BCUT2D eigenvalue weighted by atomic mass is 10.1. The number of hydrogen-bond donors (Lipinski definition) is 5. The molecule has 0 bridgehead atoms. The average molecular weight is 645 g/mol. The Morgan fingerprint density at radius 3 is 2.86 bits per heavy atom. The van der Waals surface area contributed by atoms with Gasteiger partial charge in [-0.15, -0.1) is 0 Å². The molecule has 0 saturated carbocycles. The number of nitrogens with two attached hydrogens (primary N) is 2. The van der Waals surface area contributed by atoms with Crippen molar-refractivity contribution in [1.29, 1.82) is 0 Å². The van der Waals surface area contributed by atoms with Crippen molar-refractivity contribution in [1.82, 2.24) is 39.1 Å². The highest BCUT2D eigenvalue weighted by atomic mass is 32.7. The quantitative estimate of drug-likeness (QED) is 0.118. The van der Waals surface area contributed by atoms with Crippen LogP contribution in [0.15, 0.2) is 23.6 Å². The molecular formula is C20H26N10O9P2S. The number of ether oxygens (including phenoxy) is 2. The number of fused-ring (bicyclic) bond motifs is 2. The lowest BCUT2D eigenvalue weighted by Crippen LogP contribution is -2.27. The second-order valence-electron chi connectivity index (χ2n) is 9.53. The van der Waals surface area contributed by atoms with Crippen LogP contribution in [-0.2, 0) is 32.2 Å². The molecule has 0 amide bonds. The Kier molecular flexibility index (Phi) is 8.07. The van der Waals surface area contributed by atoms with E-state index in [2.05, 4.69) is 42.3 Å². The van der Waals surface area contributed by atoms with Crippen LogP contribution in [0, 0.1) is 0 Å². The van der Waals surface area contributed by atoms with Crippen molar-refractivity contribution in [2.75, 3.05) is 24.7 Å². The lowest BCUT2D eigenvalue weighted by molar-refractivity contribution is -0.0257. The molecule has 2 saturated heterocycles. The Labute approximate surface area is 241 Å². The zero-order valence-electron chi connectivity index (χ0n) is 21.5. The maximum absolute atomic E-state index is 12.9. The molecule has 2 aliphatic heterocycles. The first-order valence-corrected chi connectivity index (χ1v) is 16.5. The minimum absolute atomic E-state index is 0.0405. The maximum atomic E-state index is 12.9. The standard InChI is InChI=1S/C20H26N10O9P2S/c21-16-18-23-4-10(30(18)26-7-24-16)11-3-12(13(38-11)6-36-41(33,34)42)39-40(32)35-5-9-1-2-14(37-9)29-8-25-15-17(29)27-20(22)28-19(15)31/h4,7-9,11-14,40H,1-3,5-6H2,(H2,21,24,26)(H2,33,34,42)(H3,22,27,28,31)/t9-,11+,12?,13+,14+/m0/s1. The van der Waals surface area contributed by atoms with Crippen molar-refractivity contribution in [2.24, 2.45) is 0 Å². The zero-order chi connectivity index (χ0) is 29.6. The molecule has 7 atom stereocenters. The van der Waals surface area contributed by atoms with E-state index in [1.807, 2.05) is 0 Å². The van der Waals surface area contributed by atoms with Gasteiger partial charge in [0.2, 0.25) is 5.95 Å². The van der Waals surface area contributed by atoms with E-state index in [1.165, 1.54) is 23.4 Å². The highest BCUT2D eigenvalue weighted by molar-refractivity contribution is 8.44. The van der Waals surface area contributed by atoms with Crippen LogP contribution in [0.1, 0.15) is 37.3 Å². The minimum atomic E-state index is -4.13. The first-order valence-electron chi connectivity index (χ1n) is 12.6. The zero-order valence-corrected chi connectivity index (χ0v) is 24.3. The van der Waals surface area contributed by atoms with Gasteiger partial charge in [-0.2, -0.15) is 10.1 Å². The SMILES string of the molecule is Nc1nc2c(ncn2[C@H]2CC[C@@H](CO[PH](=O)OC3C[C@H](c4cnc5c(N)ncnn45)O[C@@H]3COP(=O)(O)S)O2)c(=O)[nH]1. The largest absolute Gasteiger partial charge is 0.383 e. The Morgan fingerprint density at radius 1 is 1.21 bits per heavy atom. The summed E-state index contributed by atoms with van der Waals surface area (Å²) >= 11 is 3.53. The fraction of sp³-hybridized carbons (Fsp3) is 0.500. The van der Waals surface area contributed by atoms with E-state index >= 15 is 0 Å². The van der Waals surface area contributed by atoms with Gasteiger partial charge in [-0.05, 0) is 12.8 Å². The van der Waals surface area contributed by atoms with Gasteiger partial charge < -0.3 is 34.9 Å². The molecule has 22 heteroatoms. The van der Waals surface area contributed by atoms with E-state index < -0.39 is 51.3 Å². The van der Waals surface area contributed by atoms with Crippen LogP contribution in [-0.4, -0.2) is 75.5 Å². The van der Waals surface area contributed by atoms with Crippen LogP contribution in [0.25, 0.3) is 16.8 Å². The number of rotatable bonds is 10. The van der Waals surface area contributed by atoms with E-state index in [4.69, 9.17) is 34.5 Å². The van der Waals surface area contributed by atoms with Gasteiger partial charge in [-0.3, -0.25) is 23.4 Å². The van der Waals surface area contributed by atoms with E-state index in [9.17, 15) is 18.8 Å². The number of nitrogen functional groups attached to an aromatic ring is 2. The molecule has 6 rings (SSSR count). The lowest BCUT2D eigenvalue weighted by Gasteiger charge is -2.20. The van der Waals surface area contributed by atoms with Crippen LogP contribution in [0.3, 0.4) is 0 Å². The van der Waals surface area contributed by atoms with Crippen molar-refractivity contribution < 1.29 is 37.1 Å². The van der Waals surface area contributed by atoms with Gasteiger partial charge in [0.1, 0.15) is 24.8 Å². The number of nitrogens with zero attached hydrogens (tertiary/aromatic N) is 7. The van der Waals surface area contributed by atoms with Crippen LogP contribution in [0.4, 0.5) is 11.8 Å². The third-order valence-corrected chi connectivity index (χ3v) is 8.50. The number of imidazole rings is 2. The minimum Gasteiger partial charge on any atom is -0.381 e. The predicted octanol–water partition coefficient (Wildman–Crippen LogP) is 0.768. The molecule has 0 aliphatic carbocycles. The molecular weight excluding hydrogens is 618 g/mol. The van der Waals surface area contributed by atoms with Gasteiger partial charge >= 0.3 is 15.1 Å². The summed E-state index contributed by atoms with van der Waals surface area (Å²) in [5.74, 6) is 0.128. The average Bonchev–Trinajstić information content (AvgIpc) is 3.71. The van der Waals surface area contributed by atoms with Crippen LogP contribution in [0.5, 0.6) is 0 Å². The summed E-state index contributed by atoms with van der Waals surface area (Å²) in [6.07, 6.45) is 2.24. The van der Waals surface area contributed by atoms with E-state index in [-0.39, 0.29) is 42.6 Å². The molecule has 4 aromatic heterocycles. The molecule has 0 radical (unpaired) electrons. The number of aromatic amines is 1. The molecule has 19 nitrogen and oxygen atoms in total. The van der Waals surface area contributed by atoms with Gasteiger partial charge in [0.15, 0.2) is 22.6 Å². The first kappa shape index (κ1) is 29.2. The van der Waals surface area contributed by atoms with Crippen molar-refractivity contribution in [3.8, 4) is 0 Å². The fourth-order valence-electron chi connectivity index (χ4n) is 4.91. The van der Waals surface area contributed by atoms with E-state index in [1.54, 1.807) is 4.57 Å². The van der Waals surface area contributed by atoms with Gasteiger partial charge in [0.05, 0.1) is 43.6 Å². The van der Waals surface area contributed by atoms with Gasteiger partial charge in [0.25, 0.3) is 5.56 Å². The summed E-state index contributed by atoms with van der Waals surface area (Å²) in [6.45, 7) is -4.54. The summed E-state index contributed by atoms with van der Waals surface area (Å²) in [5.41, 5.74) is 12.3. The van der Waals surface area contributed by atoms with Crippen LogP contribution in [0.2, 0.25) is 0 Å². The molecule has 0 aromatic carbocycles. The molecule has 6 N–H and O–H groups in total. The fourth-order valence-corrected chi connectivity index (χ4v) is 6.33. The maximum Gasteiger partial charge on any atom is 0.383 e. The number of hydrogen-bond acceptors (Lipinski definition) is 15. The Balaban J connectivity index is 1.08. The van der Waals surface area contributed by atoms with Crippen molar-refractivity contribution >= 4 is 55.9 Å². The summed E-state index contributed by atoms with van der Waals surface area (Å²) in [4.78, 5) is 40.3. The topological polar surface area (TPSA) is 259 Å². The number of anilines is 2.